The molecule has 1 aromatic rings. The third-order valence-corrected chi connectivity index (χ3v) is 4.32. The van der Waals surface area contributed by atoms with Crippen molar-refractivity contribution in [2.24, 2.45) is 0 Å². The van der Waals surface area contributed by atoms with Gasteiger partial charge in [0.05, 0.1) is 24.5 Å². The maximum Gasteiger partial charge on any atom is 0.246 e. The highest BCUT2D eigenvalue weighted by Gasteiger charge is 2.44. The Morgan fingerprint density at radius 3 is 2.89 bits per heavy atom. The second kappa shape index (κ2) is 4.98. The Hall–Kier alpha value is -1.33. The fraction of sp³-hybridized carbons (Fsp3) is 0.643. The molecule has 1 N–H and O–H groups in total. The lowest BCUT2D eigenvalue weighted by molar-refractivity contribution is -0.159. The van der Waals surface area contributed by atoms with E-state index in [1.807, 2.05) is 19.1 Å². The summed E-state index contributed by atoms with van der Waals surface area (Å²) in [5.74, 6) is 0.998. The zero-order chi connectivity index (χ0) is 13.3. The molecule has 0 radical (unpaired) electrons. The lowest BCUT2D eigenvalue weighted by Crippen LogP contribution is -2.62. The van der Waals surface area contributed by atoms with Gasteiger partial charge in [-0.25, -0.2) is 0 Å². The maximum atomic E-state index is 11.3. The van der Waals surface area contributed by atoms with Crippen molar-refractivity contribution in [3.8, 4) is 0 Å². The summed E-state index contributed by atoms with van der Waals surface area (Å²) in [5, 5.41) is 3.00. The third kappa shape index (κ3) is 2.53. The molecule has 0 unspecified atom stereocenters. The minimum absolute atomic E-state index is 0.00357. The highest BCUT2D eigenvalue weighted by atomic mass is 16.5. The Bertz CT molecular complexity index is 436. The second-order valence-corrected chi connectivity index (χ2v) is 5.50. The van der Waals surface area contributed by atoms with Gasteiger partial charge in [0, 0.05) is 13.1 Å². The number of carbonyl (C=O) groups excluding carboxylic acids is 1. The summed E-state index contributed by atoms with van der Waals surface area (Å²) in [6.45, 7) is 5.04. The largest absolute Gasteiger partial charge is 0.468 e. The Labute approximate surface area is 112 Å². The van der Waals surface area contributed by atoms with Gasteiger partial charge in [0.15, 0.2) is 0 Å². The number of nitrogens with one attached hydrogen (secondary N) is 1. The first kappa shape index (κ1) is 12.7. The molecule has 2 fully saturated rings. The van der Waals surface area contributed by atoms with Crippen LogP contribution in [0.4, 0.5) is 0 Å². The van der Waals surface area contributed by atoms with Crippen molar-refractivity contribution < 1.29 is 13.9 Å². The minimum Gasteiger partial charge on any atom is -0.468 e. The number of furan rings is 1. The second-order valence-electron chi connectivity index (χ2n) is 5.50. The average Bonchev–Trinajstić information content (AvgIpc) is 2.90. The number of hydrogen-bond donors (Lipinski definition) is 1. The van der Waals surface area contributed by atoms with E-state index in [4.69, 9.17) is 9.15 Å². The van der Waals surface area contributed by atoms with Crippen LogP contribution < -0.4 is 5.32 Å². The first-order valence-corrected chi connectivity index (χ1v) is 6.86. The smallest absolute Gasteiger partial charge is 0.246 e. The number of carbonyl (C=O) groups is 1. The van der Waals surface area contributed by atoms with Crippen LogP contribution in [-0.4, -0.2) is 42.1 Å². The van der Waals surface area contributed by atoms with Gasteiger partial charge in [0.1, 0.15) is 12.4 Å². The Morgan fingerprint density at radius 2 is 2.26 bits per heavy atom. The lowest BCUT2D eigenvalue weighted by Gasteiger charge is -2.47. The molecule has 2 aliphatic rings. The number of morpholine rings is 1. The summed E-state index contributed by atoms with van der Waals surface area (Å²) in [5.41, 5.74) is -0.173. The van der Waals surface area contributed by atoms with E-state index in [1.165, 1.54) is 0 Å². The number of hydrogen-bond acceptors (Lipinski definition) is 4. The molecule has 5 nitrogen and oxygen atoms in total. The van der Waals surface area contributed by atoms with Gasteiger partial charge in [-0.2, -0.15) is 0 Å². The van der Waals surface area contributed by atoms with Gasteiger partial charge < -0.3 is 14.5 Å². The van der Waals surface area contributed by atoms with Crippen LogP contribution in [0.15, 0.2) is 22.8 Å². The SMILES string of the molecule is C[C@H]1NC(=O)COC12CCN(Cc1ccco1)CC2. The molecule has 0 aromatic carbocycles. The molecule has 3 heterocycles. The Kier molecular flexibility index (Phi) is 3.33. The quantitative estimate of drug-likeness (QED) is 0.870. The third-order valence-electron chi connectivity index (χ3n) is 4.32. The van der Waals surface area contributed by atoms with Crippen LogP contribution in [0.25, 0.3) is 0 Å². The van der Waals surface area contributed by atoms with Gasteiger partial charge in [-0.1, -0.05) is 0 Å². The van der Waals surface area contributed by atoms with Crippen LogP contribution in [0.5, 0.6) is 0 Å². The molecule has 104 valence electrons. The van der Waals surface area contributed by atoms with E-state index in [0.29, 0.717) is 0 Å². The number of ether oxygens (including phenoxy) is 1. The van der Waals surface area contributed by atoms with Crippen LogP contribution >= 0.6 is 0 Å². The highest BCUT2D eigenvalue weighted by molar-refractivity contribution is 5.78. The molecule has 3 rings (SSSR count). The molecule has 1 aromatic heterocycles. The number of piperidine rings is 1. The highest BCUT2D eigenvalue weighted by Crippen LogP contribution is 2.32. The summed E-state index contributed by atoms with van der Waals surface area (Å²) in [6.07, 6.45) is 3.62. The predicted octanol–water partition coefficient (Wildman–Crippen LogP) is 1.15. The summed E-state index contributed by atoms with van der Waals surface area (Å²) >= 11 is 0. The van der Waals surface area contributed by atoms with Crippen molar-refractivity contribution in [2.75, 3.05) is 19.7 Å². The van der Waals surface area contributed by atoms with Crippen molar-refractivity contribution >= 4 is 5.91 Å². The van der Waals surface area contributed by atoms with E-state index in [2.05, 4.69) is 10.2 Å². The van der Waals surface area contributed by atoms with Crippen LogP contribution in [0.2, 0.25) is 0 Å². The zero-order valence-corrected chi connectivity index (χ0v) is 11.2. The monoisotopic (exact) mass is 264 g/mol. The van der Waals surface area contributed by atoms with Gasteiger partial charge in [-0.3, -0.25) is 9.69 Å². The van der Waals surface area contributed by atoms with Crippen LogP contribution in [-0.2, 0) is 16.1 Å². The molecule has 5 heteroatoms. The molecular weight excluding hydrogens is 244 g/mol. The fourth-order valence-corrected chi connectivity index (χ4v) is 3.04. The van der Waals surface area contributed by atoms with Crippen LogP contribution in [0.3, 0.4) is 0 Å². The summed E-state index contributed by atoms with van der Waals surface area (Å²) in [6, 6.07) is 4.02. The standard InChI is InChI=1S/C14H20N2O3/c1-11-14(19-10-13(17)15-11)4-6-16(7-5-14)9-12-3-2-8-18-12/h2-3,8,11H,4-7,9-10H2,1H3,(H,15,17)/t11-/m1/s1. The van der Waals surface area contributed by atoms with E-state index in [0.717, 1.165) is 38.2 Å². The van der Waals surface area contributed by atoms with Gasteiger partial charge in [0.25, 0.3) is 0 Å². The number of nitrogens with zero attached hydrogens (tertiary/aromatic N) is 1. The summed E-state index contributed by atoms with van der Waals surface area (Å²) < 4.78 is 11.2. The minimum atomic E-state index is -0.173. The van der Waals surface area contributed by atoms with E-state index in [1.54, 1.807) is 6.26 Å². The molecule has 2 saturated heterocycles. The van der Waals surface area contributed by atoms with E-state index < -0.39 is 0 Å². The lowest BCUT2D eigenvalue weighted by atomic mass is 9.83. The molecule has 19 heavy (non-hydrogen) atoms. The Morgan fingerprint density at radius 1 is 1.47 bits per heavy atom. The number of rotatable bonds is 2. The van der Waals surface area contributed by atoms with Crippen molar-refractivity contribution in [2.45, 2.75) is 38.0 Å². The molecular formula is C14H20N2O3. The average molecular weight is 264 g/mol. The molecule has 0 bridgehead atoms. The first-order chi connectivity index (χ1) is 9.18. The topological polar surface area (TPSA) is 54.7 Å². The normalized spacial score (nSPS) is 27.4. The molecule has 1 atom stereocenters. The van der Waals surface area contributed by atoms with Crippen molar-refractivity contribution in [3.05, 3.63) is 24.2 Å². The molecule has 0 aliphatic carbocycles. The maximum absolute atomic E-state index is 11.3. The fourth-order valence-electron chi connectivity index (χ4n) is 3.04. The van der Waals surface area contributed by atoms with E-state index in [9.17, 15) is 4.79 Å². The van der Waals surface area contributed by atoms with Gasteiger partial charge in [-0.15, -0.1) is 0 Å². The number of amides is 1. The molecule has 0 saturated carbocycles. The predicted molar refractivity (Wildman–Crippen MR) is 69.5 cm³/mol. The molecule has 1 amide bonds. The van der Waals surface area contributed by atoms with Crippen molar-refractivity contribution in [1.29, 1.82) is 0 Å². The van der Waals surface area contributed by atoms with Gasteiger partial charge in [-0.05, 0) is 31.9 Å². The first-order valence-electron chi connectivity index (χ1n) is 6.86. The molecule has 1 spiro atoms. The molecule has 2 aliphatic heterocycles. The summed E-state index contributed by atoms with van der Waals surface area (Å²) in [7, 11) is 0. The Balaban J connectivity index is 1.58. The van der Waals surface area contributed by atoms with Crippen LogP contribution in [0.1, 0.15) is 25.5 Å². The van der Waals surface area contributed by atoms with Crippen molar-refractivity contribution in [3.63, 3.8) is 0 Å². The van der Waals surface area contributed by atoms with Crippen molar-refractivity contribution in [1.82, 2.24) is 10.2 Å². The van der Waals surface area contributed by atoms with Crippen LogP contribution in [0, 0.1) is 0 Å². The number of likely N-dealkylation sites (tertiary alicyclic amines) is 1. The van der Waals surface area contributed by atoms with Gasteiger partial charge >= 0.3 is 0 Å². The van der Waals surface area contributed by atoms with E-state index in [-0.39, 0.29) is 24.2 Å². The zero-order valence-electron chi connectivity index (χ0n) is 11.2. The summed E-state index contributed by atoms with van der Waals surface area (Å²) in [4.78, 5) is 13.7. The van der Waals surface area contributed by atoms with Gasteiger partial charge in [0.2, 0.25) is 5.91 Å². The van der Waals surface area contributed by atoms with E-state index >= 15 is 0 Å².